The second-order valence-electron chi connectivity index (χ2n) is 11.8. The average molecular weight is 796 g/mol. The van der Waals surface area contributed by atoms with Crippen LogP contribution in [0.5, 0.6) is 0 Å². The fraction of sp³-hybridized carbons (Fsp3) is 0.0233. The fourth-order valence-electron chi connectivity index (χ4n) is 6.71. The van der Waals surface area contributed by atoms with Crippen LogP contribution in [0.15, 0.2) is 152 Å². The minimum atomic E-state index is 0. The zero-order valence-corrected chi connectivity index (χ0v) is 28.3. The number of hydrogen-bond donors (Lipinski definition) is 0. The van der Waals surface area contributed by atoms with Gasteiger partial charge in [-0.05, 0) is 68.8 Å². The van der Waals surface area contributed by atoms with Gasteiger partial charge in [0.05, 0.1) is 16.9 Å². The van der Waals surface area contributed by atoms with Crippen molar-refractivity contribution in [2.75, 3.05) is 0 Å². The predicted octanol–water partition coefficient (Wildman–Crippen LogP) is 10.3. The minimum Gasteiger partial charge on any atom is -0.367 e. The molecule has 0 unspecified atom stereocenters. The molecule has 9 aromatic rings. The van der Waals surface area contributed by atoms with E-state index >= 15 is 0 Å². The normalized spacial score (nSPS) is 11.3. The summed E-state index contributed by atoms with van der Waals surface area (Å²) in [5, 5.41) is 2.31. The van der Waals surface area contributed by atoms with Crippen LogP contribution < -0.4 is 0 Å². The minimum absolute atomic E-state index is 0. The zero-order valence-electron chi connectivity index (χ0n) is 26.0. The van der Waals surface area contributed by atoms with Crippen molar-refractivity contribution >= 4 is 32.8 Å². The van der Waals surface area contributed by atoms with Gasteiger partial charge in [-0.2, -0.15) is 0 Å². The molecule has 0 aliphatic heterocycles. The van der Waals surface area contributed by atoms with Crippen molar-refractivity contribution in [1.29, 1.82) is 0 Å². The number of nitrogens with zero attached hydrogens (tertiary/aromatic N) is 4. The first-order chi connectivity index (χ1) is 23.2. The smallest absolute Gasteiger partial charge is 0.367 e. The monoisotopic (exact) mass is 795 g/mol. The third kappa shape index (κ3) is 4.97. The van der Waals surface area contributed by atoms with Crippen LogP contribution in [0.3, 0.4) is 0 Å². The largest absolute Gasteiger partial charge is 2.00 e. The van der Waals surface area contributed by atoms with Crippen molar-refractivity contribution in [3.8, 4) is 50.6 Å². The molecule has 0 bridgehead atoms. The van der Waals surface area contributed by atoms with Crippen LogP contribution in [0.25, 0.3) is 83.4 Å². The molecule has 0 aliphatic rings. The van der Waals surface area contributed by atoms with Crippen molar-refractivity contribution in [1.82, 2.24) is 19.1 Å². The van der Waals surface area contributed by atoms with E-state index in [9.17, 15) is 0 Å². The van der Waals surface area contributed by atoms with Gasteiger partial charge in [-0.1, -0.05) is 96.4 Å². The van der Waals surface area contributed by atoms with Crippen molar-refractivity contribution < 1.29 is 21.1 Å². The van der Waals surface area contributed by atoms with Crippen LogP contribution in [-0.2, 0) is 28.1 Å². The van der Waals surface area contributed by atoms with Gasteiger partial charge in [0, 0.05) is 18.8 Å². The van der Waals surface area contributed by atoms with E-state index < -0.39 is 0 Å². The van der Waals surface area contributed by atoms with Crippen LogP contribution in [0.1, 0.15) is 0 Å². The van der Waals surface area contributed by atoms with Crippen LogP contribution >= 0.6 is 0 Å². The first kappa shape index (κ1) is 29.8. The van der Waals surface area contributed by atoms with E-state index in [2.05, 4.69) is 150 Å². The van der Waals surface area contributed by atoms with Gasteiger partial charge < -0.3 is 14.1 Å². The summed E-state index contributed by atoms with van der Waals surface area (Å²) in [6, 6.07) is 58.2. The Bertz CT molecular complexity index is 2580. The fourth-order valence-corrected chi connectivity index (χ4v) is 6.71. The summed E-state index contributed by atoms with van der Waals surface area (Å²) in [7, 11) is 2.06. The van der Waals surface area contributed by atoms with Crippen LogP contribution in [0.4, 0.5) is 0 Å². The standard InChI is InChI=1S/C43H28N4.Pt/c1-46-40-19-8-6-17-38(40)45-43(46)33-24-25-37-36-15-5-7-18-39(36)47(41(37)28-33)34-14-9-13-32(27-34)42-35(16-10-26-44-42)31-22-20-30(21-23-31)29-11-3-2-4-12-29;/h2-26H,1H3;/q-2;+2. The van der Waals surface area contributed by atoms with Gasteiger partial charge in [0.15, 0.2) is 0 Å². The molecular weight excluding hydrogens is 768 g/mol. The van der Waals surface area contributed by atoms with Gasteiger partial charge in [0.2, 0.25) is 0 Å². The Hall–Kier alpha value is -5.57. The Labute approximate surface area is 293 Å². The molecule has 0 spiro atoms. The topological polar surface area (TPSA) is 35.6 Å². The molecule has 48 heavy (non-hydrogen) atoms. The number of aromatic nitrogens is 4. The first-order valence-electron chi connectivity index (χ1n) is 15.7. The number of fused-ring (bicyclic) bond motifs is 4. The molecule has 0 atom stereocenters. The summed E-state index contributed by atoms with van der Waals surface area (Å²) < 4.78 is 4.40. The van der Waals surface area contributed by atoms with Crippen molar-refractivity contribution in [3.05, 3.63) is 164 Å². The molecule has 0 saturated heterocycles. The number of pyridine rings is 1. The third-order valence-electron chi connectivity index (χ3n) is 9.00. The first-order valence-corrected chi connectivity index (χ1v) is 15.7. The molecular formula is C43H28N4Pt. The average Bonchev–Trinajstić information content (AvgIpc) is 3.66. The molecule has 0 N–H and O–H groups in total. The van der Waals surface area contributed by atoms with Gasteiger partial charge in [-0.25, -0.2) is 0 Å². The second-order valence-corrected chi connectivity index (χ2v) is 11.8. The zero-order chi connectivity index (χ0) is 31.3. The van der Waals surface area contributed by atoms with E-state index in [1.165, 1.54) is 16.5 Å². The van der Waals surface area contributed by atoms with E-state index in [1.807, 2.05) is 30.5 Å². The van der Waals surface area contributed by atoms with Crippen molar-refractivity contribution in [2.24, 2.45) is 7.05 Å². The van der Waals surface area contributed by atoms with Crippen LogP contribution in [-0.4, -0.2) is 19.1 Å². The third-order valence-corrected chi connectivity index (χ3v) is 9.00. The van der Waals surface area contributed by atoms with Crippen molar-refractivity contribution in [2.45, 2.75) is 0 Å². The molecule has 4 nitrogen and oxygen atoms in total. The maximum absolute atomic E-state index is 4.97. The van der Waals surface area contributed by atoms with Gasteiger partial charge in [-0.3, -0.25) is 4.98 Å². The van der Waals surface area contributed by atoms with Gasteiger partial charge in [-0.15, -0.1) is 53.6 Å². The predicted molar refractivity (Wildman–Crippen MR) is 192 cm³/mol. The molecule has 0 aliphatic carbocycles. The summed E-state index contributed by atoms with van der Waals surface area (Å²) >= 11 is 0. The Balaban J connectivity index is 0.00000336. The number of para-hydroxylation sites is 3. The van der Waals surface area contributed by atoms with Crippen LogP contribution in [0, 0.1) is 12.1 Å². The quantitative estimate of drug-likeness (QED) is 0.163. The van der Waals surface area contributed by atoms with E-state index in [1.54, 1.807) is 0 Å². The summed E-state index contributed by atoms with van der Waals surface area (Å²) in [4.78, 5) is 9.84. The Morgan fingerprint density at radius 3 is 2.10 bits per heavy atom. The molecule has 0 fully saturated rings. The summed E-state index contributed by atoms with van der Waals surface area (Å²) in [5.41, 5.74) is 12.4. The van der Waals surface area contributed by atoms with E-state index in [0.717, 1.165) is 66.9 Å². The number of hydrogen-bond acceptors (Lipinski definition) is 2. The van der Waals surface area contributed by atoms with Gasteiger partial charge >= 0.3 is 21.1 Å². The summed E-state index contributed by atoms with van der Waals surface area (Å²) in [5.74, 6) is 0.888. The maximum atomic E-state index is 4.97. The number of benzene rings is 6. The Morgan fingerprint density at radius 1 is 0.542 bits per heavy atom. The molecule has 9 rings (SSSR count). The molecule has 5 heteroatoms. The van der Waals surface area contributed by atoms with E-state index in [0.29, 0.717) is 0 Å². The van der Waals surface area contributed by atoms with Crippen LogP contribution in [0.2, 0.25) is 0 Å². The number of imidazole rings is 1. The molecule has 0 saturated carbocycles. The maximum Gasteiger partial charge on any atom is 2.00 e. The molecule has 3 aromatic heterocycles. The SMILES string of the molecule is Cn1c(-c2[c-]c3c(cc2)c2ccccc2n3-c2[c-]c(-c3ncccc3-c3ccc(-c4ccccc4)cc3)ccc2)nc2ccccc21.[Pt+2]. The molecule has 0 radical (unpaired) electrons. The molecule has 0 amide bonds. The van der Waals surface area contributed by atoms with E-state index in [-0.39, 0.29) is 21.1 Å². The van der Waals surface area contributed by atoms with Crippen molar-refractivity contribution in [3.63, 3.8) is 0 Å². The van der Waals surface area contributed by atoms with E-state index in [4.69, 9.17) is 9.97 Å². The Kier molecular flexibility index (Phi) is 7.59. The molecule has 230 valence electrons. The summed E-state index contributed by atoms with van der Waals surface area (Å²) in [6.07, 6.45) is 1.86. The second kappa shape index (κ2) is 12.2. The molecule has 6 aromatic carbocycles. The number of aryl methyl sites for hydroxylation is 1. The Morgan fingerprint density at radius 2 is 1.27 bits per heavy atom. The molecule has 3 heterocycles. The summed E-state index contributed by atoms with van der Waals surface area (Å²) in [6.45, 7) is 0. The van der Waals surface area contributed by atoms with Gasteiger partial charge in [0.25, 0.3) is 0 Å². The van der Waals surface area contributed by atoms with Gasteiger partial charge in [0.1, 0.15) is 0 Å². The number of rotatable bonds is 5.